The second kappa shape index (κ2) is 14.1. The van der Waals surface area contributed by atoms with E-state index >= 15 is 4.39 Å². The maximum atomic E-state index is 15.9. The first-order valence-electron chi connectivity index (χ1n) is 13.4. The molecule has 0 spiro atoms. The third-order valence-electron chi connectivity index (χ3n) is 6.63. The molecule has 0 aliphatic rings. The number of halogens is 2. The highest BCUT2D eigenvalue weighted by atomic mass is 19.1. The zero-order chi connectivity index (χ0) is 29.2. The van der Waals surface area contributed by atoms with Gasteiger partial charge in [-0.3, -0.25) is 0 Å². The van der Waals surface area contributed by atoms with Gasteiger partial charge in [0.15, 0.2) is 0 Å². The van der Waals surface area contributed by atoms with Crippen LogP contribution < -0.4 is 16.4 Å². The Morgan fingerprint density at radius 3 is 2.42 bits per heavy atom. The molecule has 0 bridgehead atoms. The van der Waals surface area contributed by atoms with Crippen molar-refractivity contribution in [2.24, 2.45) is 0 Å². The van der Waals surface area contributed by atoms with E-state index < -0.39 is 5.82 Å². The summed E-state index contributed by atoms with van der Waals surface area (Å²) in [6.07, 6.45) is 10.2. The average Bonchev–Trinajstić information content (AvgIpc) is 2.94. The van der Waals surface area contributed by atoms with E-state index in [1.807, 2.05) is 32.1 Å². The number of hydrogen-bond acceptors (Lipinski definition) is 4. The van der Waals surface area contributed by atoms with Crippen molar-refractivity contribution in [2.75, 3.05) is 11.1 Å². The lowest BCUT2D eigenvalue weighted by Crippen LogP contribution is -2.11. The molecule has 1 aromatic heterocycles. The maximum Gasteiger partial charge on any atom is 0.136 e. The average molecular weight is 541 g/mol. The number of benzene rings is 2. The van der Waals surface area contributed by atoms with E-state index in [0.717, 1.165) is 47.3 Å². The molecule has 0 fully saturated rings. The fourth-order valence-electron chi connectivity index (χ4n) is 4.35. The number of nitrogens with one attached hydrogen (secondary N) is 2. The first-order chi connectivity index (χ1) is 19.2. The van der Waals surface area contributed by atoms with Crippen LogP contribution in [0.3, 0.4) is 0 Å². The predicted molar refractivity (Wildman–Crippen MR) is 165 cm³/mol. The summed E-state index contributed by atoms with van der Waals surface area (Å²) in [6, 6.07) is 11.5. The molecule has 0 saturated heterocycles. The van der Waals surface area contributed by atoms with Gasteiger partial charge in [-0.05, 0) is 91.4 Å². The molecule has 0 aliphatic heterocycles. The van der Waals surface area contributed by atoms with E-state index in [9.17, 15) is 4.39 Å². The Morgan fingerprint density at radius 1 is 1.05 bits per heavy atom. The maximum absolute atomic E-state index is 15.9. The Labute approximate surface area is 236 Å². The number of nitrogen functional groups attached to an aromatic ring is 1. The number of aromatic nitrogens is 1. The van der Waals surface area contributed by atoms with Crippen molar-refractivity contribution in [3.63, 3.8) is 0 Å². The van der Waals surface area contributed by atoms with Crippen LogP contribution in [0.2, 0.25) is 0 Å². The smallest absolute Gasteiger partial charge is 0.136 e. The van der Waals surface area contributed by atoms with Gasteiger partial charge >= 0.3 is 0 Å². The second-order valence-corrected chi connectivity index (χ2v) is 9.62. The minimum absolute atomic E-state index is 0.161. The van der Waals surface area contributed by atoms with E-state index in [1.54, 1.807) is 36.5 Å². The molecule has 1 heterocycles. The number of nitrogens with zero attached hydrogens (tertiary/aromatic N) is 1. The van der Waals surface area contributed by atoms with E-state index in [-0.39, 0.29) is 12.2 Å². The van der Waals surface area contributed by atoms with Gasteiger partial charge in [-0.2, -0.15) is 0 Å². The van der Waals surface area contributed by atoms with Gasteiger partial charge in [0.05, 0.1) is 0 Å². The van der Waals surface area contributed by atoms with Crippen LogP contribution in [0.1, 0.15) is 49.8 Å². The Kier molecular flexibility index (Phi) is 10.6. The Hall–Kier alpha value is -4.45. The van der Waals surface area contributed by atoms with Gasteiger partial charge in [-0.1, -0.05) is 51.3 Å². The molecule has 0 aliphatic carbocycles. The fourth-order valence-corrected chi connectivity index (χ4v) is 4.35. The largest absolute Gasteiger partial charge is 0.398 e. The standard InChI is InChI=1S/C34H38F2N4/c1-7-10-11-22(4)39-28(9-3)21-25(8-2)30-16-17-32(37)31(33(30)36)20-23(5)40-34-24(6)29(18-19-38-34)26-12-14-27(35)15-13-26/h8-9,12-19,21,39H,3-5,7,10-11,20,37H2,1-2,6H3,(H,38,40)/b25-8+,28-21+. The summed E-state index contributed by atoms with van der Waals surface area (Å²) in [5.74, 6) is -0.121. The van der Waals surface area contributed by atoms with Crippen LogP contribution in [-0.4, -0.2) is 4.98 Å². The number of hydrogen-bond donors (Lipinski definition) is 3. The minimum Gasteiger partial charge on any atom is -0.398 e. The highest BCUT2D eigenvalue weighted by Gasteiger charge is 2.16. The van der Waals surface area contributed by atoms with Crippen molar-refractivity contribution in [1.82, 2.24) is 10.3 Å². The molecule has 0 atom stereocenters. The summed E-state index contributed by atoms with van der Waals surface area (Å²) in [7, 11) is 0. The molecule has 4 N–H and O–H groups in total. The van der Waals surface area contributed by atoms with Crippen LogP contribution >= 0.6 is 0 Å². The highest BCUT2D eigenvalue weighted by molar-refractivity contribution is 5.77. The van der Waals surface area contributed by atoms with Crippen LogP contribution in [0.15, 0.2) is 104 Å². The number of rotatable bonds is 13. The van der Waals surface area contributed by atoms with Crippen molar-refractivity contribution in [2.45, 2.75) is 46.5 Å². The highest BCUT2D eigenvalue weighted by Crippen LogP contribution is 2.31. The molecule has 6 heteroatoms. The first-order valence-corrected chi connectivity index (χ1v) is 13.4. The van der Waals surface area contributed by atoms with Gasteiger partial charge < -0.3 is 16.4 Å². The Morgan fingerprint density at radius 2 is 1.77 bits per heavy atom. The zero-order valence-electron chi connectivity index (χ0n) is 23.6. The fraction of sp³-hybridized carbons (Fsp3) is 0.206. The molecule has 4 nitrogen and oxygen atoms in total. The Balaban J connectivity index is 1.84. The van der Waals surface area contributed by atoms with Gasteiger partial charge in [-0.15, -0.1) is 0 Å². The Bertz CT molecular complexity index is 1450. The molecular formula is C34H38F2N4. The van der Waals surface area contributed by atoms with Crippen molar-refractivity contribution >= 4 is 17.1 Å². The zero-order valence-corrected chi connectivity index (χ0v) is 23.6. The third kappa shape index (κ3) is 7.56. The predicted octanol–water partition coefficient (Wildman–Crippen LogP) is 8.85. The number of pyridine rings is 1. The molecule has 2 aromatic carbocycles. The van der Waals surface area contributed by atoms with Gasteiger partial charge in [-0.25, -0.2) is 13.8 Å². The summed E-state index contributed by atoms with van der Waals surface area (Å²) < 4.78 is 29.3. The summed E-state index contributed by atoms with van der Waals surface area (Å²) >= 11 is 0. The lowest BCUT2D eigenvalue weighted by molar-refractivity contribution is 0.611. The topological polar surface area (TPSA) is 63.0 Å². The van der Waals surface area contributed by atoms with Crippen LogP contribution in [0.4, 0.5) is 20.3 Å². The summed E-state index contributed by atoms with van der Waals surface area (Å²) in [5, 5.41) is 6.49. The molecule has 0 saturated carbocycles. The van der Waals surface area contributed by atoms with Crippen molar-refractivity contribution in [3.8, 4) is 11.1 Å². The van der Waals surface area contributed by atoms with E-state index in [0.29, 0.717) is 33.9 Å². The molecule has 3 rings (SSSR count). The van der Waals surface area contributed by atoms with Gasteiger partial charge in [0.25, 0.3) is 0 Å². The minimum atomic E-state index is -0.412. The number of unbranched alkanes of at least 4 members (excludes halogenated alkanes) is 1. The number of anilines is 2. The summed E-state index contributed by atoms with van der Waals surface area (Å²) in [5.41, 5.74) is 12.8. The normalized spacial score (nSPS) is 11.7. The monoisotopic (exact) mass is 540 g/mol. The second-order valence-electron chi connectivity index (χ2n) is 9.62. The number of allylic oxidation sites excluding steroid dienone is 6. The van der Waals surface area contributed by atoms with Crippen molar-refractivity contribution in [1.29, 1.82) is 0 Å². The van der Waals surface area contributed by atoms with Gasteiger partial charge in [0, 0.05) is 46.5 Å². The van der Waals surface area contributed by atoms with Gasteiger partial charge in [0.2, 0.25) is 0 Å². The van der Waals surface area contributed by atoms with Crippen LogP contribution in [0.5, 0.6) is 0 Å². The quantitative estimate of drug-likeness (QED) is 0.150. The third-order valence-corrected chi connectivity index (χ3v) is 6.63. The van der Waals surface area contributed by atoms with Crippen molar-refractivity contribution in [3.05, 3.63) is 132 Å². The van der Waals surface area contributed by atoms with Crippen LogP contribution in [-0.2, 0) is 6.42 Å². The molecule has 0 radical (unpaired) electrons. The summed E-state index contributed by atoms with van der Waals surface area (Å²) in [4.78, 5) is 4.44. The molecule has 208 valence electrons. The molecule has 3 aromatic rings. The van der Waals surface area contributed by atoms with E-state index in [1.165, 1.54) is 12.1 Å². The van der Waals surface area contributed by atoms with Crippen molar-refractivity contribution < 1.29 is 8.78 Å². The van der Waals surface area contributed by atoms with E-state index in [4.69, 9.17) is 5.73 Å². The number of nitrogens with two attached hydrogens (primary N) is 1. The molecule has 0 amide bonds. The van der Waals surface area contributed by atoms with E-state index in [2.05, 4.69) is 42.3 Å². The lowest BCUT2D eigenvalue weighted by Gasteiger charge is -2.17. The summed E-state index contributed by atoms with van der Waals surface area (Å²) in [6.45, 7) is 18.0. The molecule has 0 unspecified atom stereocenters. The molecular weight excluding hydrogens is 502 g/mol. The van der Waals surface area contributed by atoms with Crippen LogP contribution in [0.25, 0.3) is 16.7 Å². The SMILES string of the molecule is C=C/C(=C\C(=C/C)c1ccc(N)c(CC(=C)Nc2nccc(-c3ccc(F)cc3)c2C)c1F)NC(=C)CCCC. The first kappa shape index (κ1) is 30.1. The van der Waals surface area contributed by atoms with Gasteiger partial charge in [0.1, 0.15) is 17.5 Å². The molecule has 40 heavy (non-hydrogen) atoms. The van der Waals surface area contributed by atoms with Crippen LogP contribution in [0, 0.1) is 18.6 Å². The lowest BCUT2D eigenvalue weighted by atomic mass is 9.97.